The van der Waals surface area contributed by atoms with E-state index in [2.05, 4.69) is 23.0 Å². The molecule has 1 aliphatic heterocycles. The van der Waals surface area contributed by atoms with E-state index >= 15 is 0 Å². The largest absolute Gasteiger partial charge is 0.335 e. The van der Waals surface area contributed by atoms with Gasteiger partial charge in [-0.2, -0.15) is 5.10 Å². The maximum absolute atomic E-state index is 12.7. The summed E-state index contributed by atoms with van der Waals surface area (Å²) in [6.45, 7) is 6.89. The van der Waals surface area contributed by atoms with Gasteiger partial charge in [-0.25, -0.2) is 0 Å². The van der Waals surface area contributed by atoms with Gasteiger partial charge in [-0.15, -0.1) is 0 Å². The molecule has 1 amide bonds. The van der Waals surface area contributed by atoms with Gasteiger partial charge in [0.25, 0.3) is 5.91 Å². The van der Waals surface area contributed by atoms with Crippen LogP contribution >= 0.6 is 11.6 Å². The molecular formula is C18H23ClN4O. The molecular weight excluding hydrogens is 324 g/mol. The fourth-order valence-electron chi connectivity index (χ4n) is 3.04. The predicted molar refractivity (Wildman–Crippen MR) is 95.2 cm³/mol. The standard InChI is InChI=1S/C18H23ClN4O/c1-2-9-23-17(7-8-20-23)18(24)22-12-10-21(11-13-22)14-15-5-3-4-6-16(15)19/h3-8H,2,9-14H2,1H3. The highest BCUT2D eigenvalue weighted by Gasteiger charge is 2.24. The van der Waals surface area contributed by atoms with Crippen molar-refractivity contribution in [3.8, 4) is 0 Å². The highest BCUT2D eigenvalue weighted by atomic mass is 35.5. The minimum Gasteiger partial charge on any atom is -0.335 e. The molecule has 1 aromatic carbocycles. The molecule has 3 rings (SSSR count). The van der Waals surface area contributed by atoms with Crippen LogP contribution in [0.3, 0.4) is 0 Å². The van der Waals surface area contributed by atoms with Crippen LogP contribution in [0.2, 0.25) is 5.02 Å². The lowest BCUT2D eigenvalue weighted by molar-refractivity contribution is 0.0616. The van der Waals surface area contributed by atoms with Crippen LogP contribution in [0, 0.1) is 0 Å². The third-order valence-electron chi connectivity index (χ3n) is 4.38. The molecule has 24 heavy (non-hydrogen) atoms. The molecule has 1 fully saturated rings. The second kappa shape index (κ2) is 7.81. The Labute approximate surface area is 147 Å². The first kappa shape index (κ1) is 17.0. The molecule has 6 heteroatoms. The summed E-state index contributed by atoms with van der Waals surface area (Å²) in [6.07, 6.45) is 2.67. The maximum atomic E-state index is 12.7. The van der Waals surface area contributed by atoms with Gasteiger partial charge in [-0.05, 0) is 24.1 Å². The molecule has 0 saturated carbocycles. The number of halogens is 1. The molecule has 1 saturated heterocycles. The van der Waals surface area contributed by atoms with E-state index in [0.717, 1.165) is 56.3 Å². The van der Waals surface area contributed by atoms with Gasteiger partial charge in [-0.1, -0.05) is 36.7 Å². The molecule has 0 unspecified atom stereocenters. The van der Waals surface area contributed by atoms with E-state index in [-0.39, 0.29) is 5.91 Å². The summed E-state index contributed by atoms with van der Waals surface area (Å²) < 4.78 is 1.80. The van der Waals surface area contributed by atoms with Gasteiger partial charge in [0.15, 0.2) is 0 Å². The van der Waals surface area contributed by atoms with Crippen molar-refractivity contribution in [1.29, 1.82) is 0 Å². The molecule has 0 aliphatic carbocycles. The molecule has 5 nitrogen and oxygen atoms in total. The van der Waals surface area contributed by atoms with Crippen LogP contribution < -0.4 is 0 Å². The Balaban J connectivity index is 1.58. The van der Waals surface area contributed by atoms with Gasteiger partial charge < -0.3 is 4.90 Å². The summed E-state index contributed by atoms with van der Waals surface area (Å²) in [4.78, 5) is 17.0. The zero-order chi connectivity index (χ0) is 16.9. The summed E-state index contributed by atoms with van der Waals surface area (Å²) in [6, 6.07) is 9.75. The number of nitrogens with zero attached hydrogens (tertiary/aromatic N) is 4. The molecule has 1 aliphatic rings. The number of piperazine rings is 1. The Morgan fingerprint density at radius 2 is 1.92 bits per heavy atom. The first-order valence-corrected chi connectivity index (χ1v) is 8.83. The van der Waals surface area contributed by atoms with E-state index in [9.17, 15) is 4.79 Å². The number of amides is 1. The van der Waals surface area contributed by atoms with Crippen molar-refractivity contribution in [2.45, 2.75) is 26.4 Å². The maximum Gasteiger partial charge on any atom is 0.272 e. The smallest absolute Gasteiger partial charge is 0.272 e. The summed E-state index contributed by atoms with van der Waals surface area (Å²) in [7, 11) is 0. The van der Waals surface area contributed by atoms with Gasteiger partial charge in [0.2, 0.25) is 0 Å². The third-order valence-corrected chi connectivity index (χ3v) is 4.75. The van der Waals surface area contributed by atoms with E-state index in [1.54, 1.807) is 10.9 Å². The summed E-state index contributed by atoms with van der Waals surface area (Å²) in [5.41, 5.74) is 1.83. The lowest BCUT2D eigenvalue weighted by Crippen LogP contribution is -2.48. The van der Waals surface area contributed by atoms with Crippen molar-refractivity contribution in [1.82, 2.24) is 19.6 Å². The number of aryl methyl sites for hydroxylation is 1. The quantitative estimate of drug-likeness (QED) is 0.836. The average Bonchev–Trinajstić information content (AvgIpc) is 3.06. The number of rotatable bonds is 5. The molecule has 128 valence electrons. The average molecular weight is 347 g/mol. The normalized spacial score (nSPS) is 15.7. The predicted octanol–water partition coefficient (Wildman–Crippen LogP) is 2.90. The SMILES string of the molecule is CCCn1nccc1C(=O)N1CCN(Cc2ccccc2Cl)CC1. The Hall–Kier alpha value is -1.85. The molecule has 1 aromatic heterocycles. The first-order chi connectivity index (χ1) is 11.7. The molecule has 0 N–H and O–H groups in total. The van der Waals surface area contributed by atoms with Gasteiger partial charge >= 0.3 is 0 Å². The Morgan fingerprint density at radius 1 is 1.17 bits per heavy atom. The van der Waals surface area contributed by atoms with Crippen molar-refractivity contribution in [2.75, 3.05) is 26.2 Å². The fourth-order valence-corrected chi connectivity index (χ4v) is 3.24. The van der Waals surface area contributed by atoms with Crippen LogP contribution in [-0.4, -0.2) is 51.7 Å². The summed E-state index contributed by atoms with van der Waals surface area (Å²) in [5, 5.41) is 5.05. The van der Waals surface area contributed by atoms with Crippen LogP contribution in [0.4, 0.5) is 0 Å². The zero-order valence-electron chi connectivity index (χ0n) is 14.0. The van der Waals surface area contributed by atoms with Crippen molar-refractivity contribution >= 4 is 17.5 Å². The number of aromatic nitrogens is 2. The first-order valence-electron chi connectivity index (χ1n) is 8.46. The van der Waals surface area contributed by atoms with Crippen LogP contribution in [-0.2, 0) is 13.1 Å². The zero-order valence-corrected chi connectivity index (χ0v) is 14.7. The van der Waals surface area contributed by atoms with E-state index < -0.39 is 0 Å². The van der Waals surface area contributed by atoms with Crippen LogP contribution in [0.25, 0.3) is 0 Å². The van der Waals surface area contributed by atoms with E-state index in [1.807, 2.05) is 29.2 Å². The number of carbonyl (C=O) groups excluding carboxylic acids is 1. The Morgan fingerprint density at radius 3 is 2.62 bits per heavy atom. The number of carbonyl (C=O) groups is 1. The van der Waals surface area contributed by atoms with Crippen molar-refractivity contribution in [2.24, 2.45) is 0 Å². The van der Waals surface area contributed by atoms with Crippen LogP contribution in [0.15, 0.2) is 36.5 Å². The number of hydrogen-bond acceptors (Lipinski definition) is 3. The van der Waals surface area contributed by atoms with Crippen LogP contribution in [0.5, 0.6) is 0 Å². The molecule has 0 atom stereocenters. The molecule has 2 heterocycles. The Kier molecular flexibility index (Phi) is 5.53. The third kappa shape index (κ3) is 3.79. The lowest BCUT2D eigenvalue weighted by atomic mass is 10.2. The fraction of sp³-hybridized carbons (Fsp3) is 0.444. The summed E-state index contributed by atoms with van der Waals surface area (Å²) in [5.74, 6) is 0.0818. The molecule has 0 radical (unpaired) electrons. The minimum atomic E-state index is 0.0818. The van der Waals surface area contributed by atoms with Gasteiger partial charge in [0, 0.05) is 50.5 Å². The van der Waals surface area contributed by atoms with Crippen molar-refractivity contribution in [3.05, 3.63) is 52.8 Å². The highest BCUT2D eigenvalue weighted by Crippen LogP contribution is 2.18. The van der Waals surface area contributed by atoms with Crippen molar-refractivity contribution in [3.63, 3.8) is 0 Å². The summed E-state index contributed by atoms with van der Waals surface area (Å²) >= 11 is 6.24. The minimum absolute atomic E-state index is 0.0818. The van der Waals surface area contributed by atoms with Gasteiger partial charge in [0.05, 0.1) is 0 Å². The lowest BCUT2D eigenvalue weighted by Gasteiger charge is -2.34. The second-order valence-corrected chi connectivity index (χ2v) is 6.51. The van der Waals surface area contributed by atoms with E-state index in [4.69, 9.17) is 11.6 Å². The molecule has 0 spiro atoms. The number of hydrogen-bond donors (Lipinski definition) is 0. The number of benzene rings is 1. The molecule has 2 aromatic rings. The van der Waals surface area contributed by atoms with Gasteiger partial charge in [-0.3, -0.25) is 14.4 Å². The van der Waals surface area contributed by atoms with Crippen molar-refractivity contribution < 1.29 is 4.79 Å². The van der Waals surface area contributed by atoms with Crippen LogP contribution in [0.1, 0.15) is 29.4 Å². The topological polar surface area (TPSA) is 41.4 Å². The molecule has 0 bridgehead atoms. The van der Waals surface area contributed by atoms with Gasteiger partial charge in [0.1, 0.15) is 5.69 Å². The Bertz CT molecular complexity index is 692. The van der Waals surface area contributed by atoms with E-state index in [1.165, 1.54) is 0 Å². The second-order valence-electron chi connectivity index (χ2n) is 6.10. The van der Waals surface area contributed by atoms with E-state index in [0.29, 0.717) is 5.69 Å². The monoisotopic (exact) mass is 346 g/mol. The highest BCUT2D eigenvalue weighted by molar-refractivity contribution is 6.31.